The van der Waals surface area contributed by atoms with Gasteiger partial charge in [-0.1, -0.05) is 13.0 Å². The van der Waals surface area contributed by atoms with Crippen molar-refractivity contribution in [2.24, 2.45) is 4.99 Å². The van der Waals surface area contributed by atoms with Crippen LogP contribution in [0.15, 0.2) is 39.3 Å². The van der Waals surface area contributed by atoms with E-state index in [1.807, 2.05) is 11.3 Å². The highest BCUT2D eigenvalue weighted by atomic mass is 32.1. The van der Waals surface area contributed by atoms with Crippen LogP contribution in [0.5, 0.6) is 0 Å². The molecular formula is C15H21N3S2. The lowest BCUT2D eigenvalue weighted by atomic mass is 10.1. The second kappa shape index (κ2) is 8.07. The van der Waals surface area contributed by atoms with Crippen molar-refractivity contribution >= 4 is 28.6 Å². The first-order valence-electron chi connectivity index (χ1n) is 6.86. The van der Waals surface area contributed by atoms with E-state index >= 15 is 0 Å². The number of nitrogens with one attached hydrogen (secondary N) is 2. The van der Waals surface area contributed by atoms with Crippen LogP contribution >= 0.6 is 22.7 Å². The molecule has 0 radical (unpaired) electrons. The fraction of sp³-hybridized carbons (Fsp3) is 0.400. The highest BCUT2D eigenvalue weighted by Crippen LogP contribution is 2.19. The summed E-state index contributed by atoms with van der Waals surface area (Å²) in [6.07, 6.45) is 0. The molecule has 0 saturated carbocycles. The molecule has 108 valence electrons. The Hall–Kier alpha value is -1.33. The van der Waals surface area contributed by atoms with E-state index in [9.17, 15) is 0 Å². The number of hydrogen-bond acceptors (Lipinski definition) is 3. The molecule has 0 aromatic carbocycles. The molecule has 20 heavy (non-hydrogen) atoms. The molecule has 2 aromatic heterocycles. The quantitative estimate of drug-likeness (QED) is 0.631. The molecule has 0 saturated heterocycles. The number of hydrogen-bond donors (Lipinski definition) is 2. The maximum absolute atomic E-state index is 4.61. The molecule has 1 atom stereocenters. The molecule has 0 aliphatic heterocycles. The first-order valence-corrected chi connectivity index (χ1v) is 8.68. The number of thiophene rings is 2. The van der Waals surface area contributed by atoms with Crippen LogP contribution in [0, 0.1) is 0 Å². The van der Waals surface area contributed by atoms with Gasteiger partial charge in [0.05, 0.1) is 6.54 Å². The molecule has 0 amide bonds. The van der Waals surface area contributed by atoms with Gasteiger partial charge in [0.25, 0.3) is 0 Å². The van der Waals surface area contributed by atoms with E-state index in [-0.39, 0.29) is 0 Å². The number of rotatable bonds is 6. The van der Waals surface area contributed by atoms with Crippen LogP contribution in [0.25, 0.3) is 0 Å². The van der Waals surface area contributed by atoms with Gasteiger partial charge in [-0.3, -0.25) is 0 Å². The van der Waals surface area contributed by atoms with Gasteiger partial charge in [-0.25, -0.2) is 4.99 Å². The van der Waals surface area contributed by atoms with Gasteiger partial charge < -0.3 is 10.6 Å². The van der Waals surface area contributed by atoms with Crippen molar-refractivity contribution in [2.75, 3.05) is 13.1 Å². The van der Waals surface area contributed by atoms with Gasteiger partial charge in [0.2, 0.25) is 0 Å². The third-order valence-electron chi connectivity index (χ3n) is 2.95. The average Bonchev–Trinajstić information content (AvgIpc) is 3.13. The van der Waals surface area contributed by atoms with Gasteiger partial charge in [0.1, 0.15) is 0 Å². The van der Waals surface area contributed by atoms with E-state index < -0.39 is 0 Å². The maximum atomic E-state index is 4.61. The molecule has 0 spiro atoms. The fourth-order valence-corrected chi connectivity index (χ4v) is 3.26. The molecule has 2 rings (SSSR count). The maximum Gasteiger partial charge on any atom is 0.191 e. The molecule has 0 aliphatic carbocycles. The van der Waals surface area contributed by atoms with E-state index in [1.54, 1.807) is 11.3 Å². The van der Waals surface area contributed by atoms with Crippen LogP contribution in [0.3, 0.4) is 0 Å². The Bertz CT molecular complexity index is 503. The Morgan fingerprint density at radius 3 is 2.85 bits per heavy atom. The summed E-state index contributed by atoms with van der Waals surface area (Å²) >= 11 is 3.52. The SMILES string of the molecule is CCNC(=NCc1ccsc1)NCC(C)c1cccs1. The van der Waals surface area contributed by atoms with Gasteiger partial charge in [-0.05, 0) is 40.8 Å². The zero-order valence-electron chi connectivity index (χ0n) is 11.9. The lowest BCUT2D eigenvalue weighted by Crippen LogP contribution is -2.39. The van der Waals surface area contributed by atoms with Crippen LogP contribution in [0.4, 0.5) is 0 Å². The summed E-state index contributed by atoms with van der Waals surface area (Å²) in [7, 11) is 0. The van der Waals surface area contributed by atoms with Crippen molar-refractivity contribution in [1.82, 2.24) is 10.6 Å². The van der Waals surface area contributed by atoms with Gasteiger partial charge >= 0.3 is 0 Å². The minimum Gasteiger partial charge on any atom is -0.357 e. The Morgan fingerprint density at radius 1 is 1.30 bits per heavy atom. The summed E-state index contributed by atoms with van der Waals surface area (Å²) in [4.78, 5) is 6.02. The smallest absolute Gasteiger partial charge is 0.191 e. The van der Waals surface area contributed by atoms with E-state index in [1.165, 1.54) is 10.4 Å². The van der Waals surface area contributed by atoms with Crippen LogP contribution < -0.4 is 10.6 Å². The van der Waals surface area contributed by atoms with Crippen molar-refractivity contribution in [3.05, 3.63) is 44.8 Å². The van der Waals surface area contributed by atoms with Gasteiger partial charge in [0.15, 0.2) is 5.96 Å². The summed E-state index contributed by atoms with van der Waals surface area (Å²) in [6.45, 7) is 6.83. The molecule has 5 heteroatoms. The molecular weight excluding hydrogens is 286 g/mol. The topological polar surface area (TPSA) is 36.4 Å². The minimum absolute atomic E-state index is 0.500. The molecule has 1 unspecified atom stereocenters. The molecule has 0 aliphatic rings. The third kappa shape index (κ3) is 4.65. The summed E-state index contributed by atoms with van der Waals surface area (Å²) in [5.74, 6) is 1.39. The number of nitrogens with zero attached hydrogens (tertiary/aromatic N) is 1. The Morgan fingerprint density at radius 2 is 2.20 bits per heavy atom. The number of aliphatic imine (C=N–C) groups is 1. The Labute approximate surface area is 128 Å². The van der Waals surface area contributed by atoms with Crippen molar-refractivity contribution < 1.29 is 0 Å². The van der Waals surface area contributed by atoms with Gasteiger partial charge in [-0.2, -0.15) is 11.3 Å². The summed E-state index contributed by atoms with van der Waals surface area (Å²) in [5, 5.41) is 13.1. The van der Waals surface area contributed by atoms with Crippen molar-refractivity contribution in [3.8, 4) is 0 Å². The zero-order chi connectivity index (χ0) is 14.2. The first kappa shape index (κ1) is 15.1. The summed E-state index contributed by atoms with van der Waals surface area (Å²) < 4.78 is 0. The predicted octanol–water partition coefficient (Wildman–Crippen LogP) is 3.67. The van der Waals surface area contributed by atoms with E-state index in [2.05, 4.69) is 63.8 Å². The molecule has 2 aromatic rings. The number of guanidine groups is 1. The van der Waals surface area contributed by atoms with E-state index in [0.717, 1.165) is 25.6 Å². The normalized spacial score (nSPS) is 13.2. The van der Waals surface area contributed by atoms with Gasteiger partial charge in [-0.15, -0.1) is 11.3 Å². The second-order valence-corrected chi connectivity index (χ2v) is 6.38. The summed E-state index contributed by atoms with van der Waals surface area (Å²) in [5.41, 5.74) is 1.26. The first-order chi connectivity index (χ1) is 9.79. The van der Waals surface area contributed by atoms with E-state index in [4.69, 9.17) is 0 Å². The highest BCUT2D eigenvalue weighted by Gasteiger charge is 2.07. The highest BCUT2D eigenvalue weighted by molar-refractivity contribution is 7.10. The van der Waals surface area contributed by atoms with Crippen molar-refractivity contribution in [1.29, 1.82) is 0 Å². The largest absolute Gasteiger partial charge is 0.357 e. The van der Waals surface area contributed by atoms with Crippen molar-refractivity contribution in [3.63, 3.8) is 0 Å². The molecule has 2 heterocycles. The van der Waals surface area contributed by atoms with Crippen LogP contribution in [0.1, 0.15) is 30.2 Å². The predicted molar refractivity (Wildman–Crippen MR) is 89.9 cm³/mol. The van der Waals surface area contributed by atoms with Crippen LogP contribution in [-0.2, 0) is 6.54 Å². The molecule has 0 fully saturated rings. The van der Waals surface area contributed by atoms with Crippen LogP contribution in [0.2, 0.25) is 0 Å². The lowest BCUT2D eigenvalue weighted by molar-refractivity contribution is 0.709. The van der Waals surface area contributed by atoms with Gasteiger partial charge in [0, 0.05) is 23.9 Å². The standard InChI is InChI=1S/C15H21N3S2/c1-3-16-15(18-10-13-6-8-19-11-13)17-9-12(2)14-5-4-7-20-14/h4-8,11-12H,3,9-10H2,1-2H3,(H2,16,17,18). The fourth-order valence-electron chi connectivity index (χ4n) is 1.82. The molecule has 3 nitrogen and oxygen atoms in total. The summed E-state index contributed by atoms with van der Waals surface area (Å²) in [6, 6.07) is 6.41. The lowest BCUT2D eigenvalue weighted by Gasteiger charge is -2.14. The molecule has 0 bridgehead atoms. The third-order valence-corrected chi connectivity index (χ3v) is 4.78. The second-order valence-electron chi connectivity index (χ2n) is 4.62. The van der Waals surface area contributed by atoms with E-state index in [0.29, 0.717) is 5.92 Å². The monoisotopic (exact) mass is 307 g/mol. The molecule has 2 N–H and O–H groups in total. The van der Waals surface area contributed by atoms with Crippen LogP contribution in [-0.4, -0.2) is 19.0 Å². The van der Waals surface area contributed by atoms with Crippen molar-refractivity contribution in [2.45, 2.75) is 26.3 Å². The Kier molecular flexibility index (Phi) is 6.08. The Balaban J connectivity index is 1.87. The minimum atomic E-state index is 0.500. The zero-order valence-corrected chi connectivity index (χ0v) is 13.6. The average molecular weight is 307 g/mol.